The molecule has 0 amide bonds. The summed E-state index contributed by atoms with van der Waals surface area (Å²) in [7, 11) is 0. The van der Waals surface area contributed by atoms with Crippen LogP contribution in [-0.2, 0) is 0 Å². The zero-order valence-electron chi connectivity index (χ0n) is 8.90. The molecule has 0 radical (unpaired) electrons. The summed E-state index contributed by atoms with van der Waals surface area (Å²) in [6.45, 7) is 4.58. The molecule has 1 aromatic rings. The van der Waals surface area contributed by atoms with Gasteiger partial charge in [0, 0.05) is 23.5 Å². The molecule has 0 unspecified atom stereocenters. The van der Waals surface area contributed by atoms with Gasteiger partial charge < -0.3 is 10.6 Å². The van der Waals surface area contributed by atoms with Crippen molar-refractivity contribution in [2.45, 2.75) is 38.8 Å². The highest BCUT2D eigenvalue weighted by atomic mass is 15.2. The normalized spacial score (nSPS) is 26.9. The van der Waals surface area contributed by atoms with E-state index in [1.165, 1.54) is 18.5 Å². The van der Waals surface area contributed by atoms with E-state index < -0.39 is 0 Å². The van der Waals surface area contributed by atoms with Crippen LogP contribution in [0.25, 0.3) is 0 Å². The maximum Gasteiger partial charge on any atom is 0.0372 e. The molecule has 0 saturated carbocycles. The molecule has 1 aromatic carbocycles. The molecule has 1 aliphatic heterocycles. The summed E-state index contributed by atoms with van der Waals surface area (Å²) in [5.41, 5.74) is 7.82. The number of hydrogen-bond acceptors (Lipinski definition) is 2. The summed E-state index contributed by atoms with van der Waals surface area (Å²) in [4.78, 5) is 2.49. The number of nitrogens with zero attached hydrogens (tertiary/aromatic N) is 1. The summed E-state index contributed by atoms with van der Waals surface area (Å²) < 4.78 is 0. The van der Waals surface area contributed by atoms with E-state index in [0.717, 1.165) is 5.69 Å². The van der Waals surface area contributed by atoms with Crippen LogP contribution >= 0.6 is 0 Å². The van der Waals surface area contributed by atoms with E-state index in [9.17, 15) is 0 Å². The van der Waals surface area contributed by atoms with Gasteiger partial charge in [0.25, 0.3) is 0 Å². The lowest BCUT2D eigenvalue weighted by Gasteiger charge is -2.28. The van der Waals surface area contributed by atoms with Crippen LogP contribution in [0.1, 0.15) is 26.7 Å². The van der Waals surface area contributed by atoms with Crippen molar-refractivity contribution < 1.29 is 0 Å². The molecule has 1 saturated heterocycles. The molecule has 2 atom stereocenters. The topological polar surface area (TPSA) is 29.3 Å². The van der Waals surface area contributed by atoms with Crippen LogP contribution in [0.2, 0.25) is 0 Å². The number of nitrogen functional groups attached to an aromatic ring is 1. The minimum atomic E-state index is 0.661. The van der Waals surface area contributed by atoms with Crippen LogP contribution in [0.5, 0.6) is 0 Å². The van der Waals surface area contributed by atoms with Gasteiger partial charge >= 0.3 is 0 Å². The van der Waals surface area contributed by atoms with E-state index in [1.54, 1.807) is 0 Å². The van der Waals surface area contributed by atoms with Gasteiger partial charge in [0.1, 0.15) is 0 Å². The molecule has 1 fully saturated rings. The van der Waals surface area contributed by atoms with Crippen LogP contribution in [-0.4, -0.2) is 12.1 Å². The second kappa shape index (κ2) is 3.52. The molecule has 1 heterocycles. The highest BCUT2D eigenvalue weighted by Gasteiger charge is 2.26. The molecular weight excluding hydrogens is 172 g/mol. The molecule has 76 valence electrons. The summed E-state index contributed by atoms with van der Waals surface area (Å²) in [6, 6.07) is 9.52. The fourth-order valence-electron chi connectivity index (χ4n) is 2.35. The predicted molar refractivity (Wildman–Crippen MR) is 61.5 cm³/mol. The van der Waals surface area contributed by atoms with Gasteiger partial charge in [-0.25, -0.2) is 0 Å². The first kappa shape index (κ1) is 9.38. The van der Waals surface area contributed by atoms with Crippen molar-refractivity contribution in [1.29, 1.82) is 0 Å². The van der Waals surface area contributed by atoms with Gasteiger partial charge in [-0.2, -0.15) is 0 Å². The van der Waals surface area contributed by atoms with Gasteiger partial charge in [-0.15, -0.1) is 0 Å². The number of benzene rings is 1. The van der Waals surface area contributed by atoms with Gasteiger partial charge in [-0.1, -0.05) is 0 Å². The molecule has 2 N–H and O–H groups in total. The van der Waals surface area contributed by atoms with Crippen molar-refractivity contribution >= 4 is 11.4 Å². The Labute approximate surface area is 85.7 Å². The van der Waals surface area contributed by atoms with Gasteiger partial charge in [0.05, 0.1) is 0 Å². The number of nitrogens with two attached hydrogens (primary N) is 1. The molecule has 2 heteroatoms. The second-order valence-corrected chi connectivity index (χ2v) is 4.27. The monoisotopic (exact) mass is 190 g/mol. The predicted octanol–water partition coefficient (Wildman–Crippen LogP) is 2.65. The Hall–Kier alpha value is -1.18. The Bertz CT molecular complexity index is 295. The number of hydrogen-bond donors (Lipinski definition) is 1. The van der Waals surface area contributed by atoms with Gasteiger partial charge in [-0.05, 0) is 51.0 Å². The molecule has 14 heavy (non-hydrogen) atoms. The van der Waals surface area contributed by atoms with Crippen LogP contribution in [0.3, 0.4) is 0 Å². The van der Waals surface area contributed by atoms with Crippen LogP contribution in [0.4, 0.5) is 11.4 Å². The van der Waals surface area contributed by atoms with E-state index in [1.807, 2.05) is 12.1 Å². The third-order valence-electron chi connectivity index (χ3n) is 3.14. The Morgan fingerprint density at radius 3 is 2.07 bits per heavy atom. The summed E-state index contributed by atoms with van der Waals surface area (Å²) in [5.74, 6) is 0. The Kier molecular flexibility index (Phi) is 2.36. The number of rotatable bonds is 1. The van der Waals surface area contributed by atoms with Crippen molar-refractivity contribution in [1.82, 2.24) is 0 Å². The molecular formula is C12H18N2. The van der Waals surface area contributed by atoms with Crippen molar-refractivity contribution in [3.8, 4) is 0 Å². The van der Waals surface area contributed by atoms with Crippen LogP contribution in [0, 0.1) is 0 Å². The van der Waals surface area contributed by atoms with Crippen molar-refractivity contribution in [2.75, 3.05) is 10.6 Å². The molecule has 2 nitrogen and oxygen atoms in total. The highest BCUT2D eigenvalue weighted by Crippen LogP contribution is 2.30. The van der Waals surface area contributed by atoms with E-state index >= 15 is 0 Å². The quantitative estimate of drug-likeness (QED) is 0.690. The molecule has 0 spiro atoms. The average Bonchev–Trinajstić information content (AvgIpc) is 2.49. The first-order chi connectivity index (χ1) is 6.68. The third-order valence-corrected chi connectivity index (χ3v) is 3.14. The maximum atomic E-state index is 5.68. The third kappa shape index (κ3) is 1.57. The molecule has 1 aliphatic rings. The van der Waals surface area contributed by atoms with Crippen LogP contribution in [0.15, 0.2) is 24.3 Å². The molecule has 0 aliphatic carbocycles. The average molecular weight is 190 g/mol. The van der Waals surface area contributed by atoms with Crippen molar-refractivity contribution in [3.63, 3.8) is 0 Å². The number of anilines is 2. The summed E-state index contributed by atoms with van der Waals surface area (Å²) in [5, 5.41) is 0. The van der Waals surface area contributed by atoms with E-state index in [2.05, 4.69) is 30.9 Å². The lowest BCUT2D eigenvalue weighted by atomic mass is 10.2. The molecule has 0 aromatic heterocycles. The standard InChI is InChI=1S/C12H18N2/c1-9-3-4-10(2)14(9)12-7-5-11(13)6-8-12/h5-10H,3-4,13H2,1-2H3/t9-,10+. The lowest BCUT2D eigenvalue weighted by Crippen LogP contribution is -2.32. The first-order valence-corrected chi connectivity index (χ1v) is 5.32. The van der Waals surface area contributed by atoms with Crippen molar-refractivity contribution in [2.24, 2.45) is 0 Å². The van der Waals surface area contributed by atoms with Crippen molar-refractivity contribution in [3.05, 3.63) is 24.3 Å². The first-order valence-electron chi connectivity index (χ1n) is 5.32. The molecule has 2 rings (SSSR count). The van der Waals surface area contributed by atoms with E-state index in [4.69, 9.17) is 5.73 Å². The summed E-state index contributed by atoms with van der Waals surface area (Å²) in [6.07, 6.45) is 2.59. The van der Waals surface area contributed by atoms with Gasteiger partial charge in [-0.3, -0.25) is 0 Å². The zero-order valence-corrected chi connectivity index (χ0v) is 8.90. The van der Waals surface area contributed by atoms with E-state index in [0.29, 0.717) is 12.1 Å². The Morgan fingerprint density at radius 2 is 1.57 bits per heavy atom. The Balaban J connectivity index is 2.25. The maximum absolute atomic E-state index is 5.68. The minimum absolute atomic E-state index is 0.661. The van der Waals surface area contributed by atoms with Crippen LogP contribution < -0.4 is 10.6 Å². The van der Waals surface area contributed by atoms with Gasteiger partial charge in [0.2, 0.25) is 0 Å². The SMILES string of the molecule is C[C@@H]1CC[C@H](C)N1c1ccc(N)cc1. The molecule has 0 bridgehead atoms. The summed E-state index contributed by atoms with van der Waals surface area (Å²) >= 11 is 0. The fraction of sp³-hybridized carbons (Fsp3) is 0.500. The van der Waals surface area contributed by atoms with Gasteiger partial charge in [0.15, 0.2) is 0 Å². The fourth-order valence-corrected chi connectivity index (χ4v) is 2.35. The highest BCUT2D eigenvalue weighted by molar-refractivity contribution is 5.54. The second-order valence-electron chi connectivity index (χ2n) is 4.27. The lowest BCUT2D eigenvalue weighted by molar-refractivity contribution is 0.694. The largest absolute Gasteiger partial charge is 0.399 e. The minimum Gasteiger partial charge on any atom is -0.399 e. The Morgan fingerprint density at radius 1 is 1.07 bits per heavy atom. The zero-order chi connectivity index (χ0) is 10.1. The smallest absolute Gasteiger partial charge is 0.0372 e. The van der Waals surface area contributed by atoms with E-state index in [-0.39, 0.29) is 0 Å².